The van der Waals surface area contributed by atoms with Crippen LogP contribution in [0.4, 0.5) is 11.5 Å². The molecule has 1 aliphatic heterocycles. The van der Waals surface area contributed by atoms with Crippen molar-refractivity contribution in [3.05, 3.63) is 65.6 Å². The highest BCUT2D eigenvalue weighted by atomic mass is 16.5. The summed E-state index contributed by atoms with van der Waals surface area (Å²) in [6.45, 7) is 11.5. The summed E-state index contributed by atoms with van der Waals surface area (Å²) in [4.78, 5) is 23.2. The molecule has 1 fully saturated rings. The Hall–Kier alpha value is -3.61. The van der Waals surface area contributed by atoms with Crippen LogP contribution in [0.15, 0.2) is 48.8 Å². The summed E-state index contributed by atoms with van der Waals surface area (Å²) in [5, 5.41) is 12.9. The number of ether oxygens (including phenoxy) is 1. The Balaban J connectivity index is 1.50. The molecule has 0 atom stereocenters. The average molecular weight is 489 g/mol. The molecule has 0 aliphatic carbocycles. The summed E-state index contributed by atoms with van der Waals surface area (Å²) >= 11 is 0. The highest BCUT2D eigenvalue weighted by Crippen LogP contribution is 2.39. The molecule has 3 aromatic rings. The van der Waals surface area contributed by atoms with Crippen LogP contribution in [-0.2, 0) is 11.2 Å². The fourth-order valence-corrected chi connectivity index (χ4v) is 4.55. The van der Waals surface area contributed by atoms with Gasteiger partial charge in [0.15, 0.2) is 0 Å². The SMILES string of the molecule is Cc1ccc(OCCNc2ccc(-c3cnc(C)c(CC(=O)O)c3N3CCC(C)(C)CC3)cn2)cc1. The van der Waals surface area contributed by atoms with Gasteiger partial charge in [-0.15, -0.1) is 0 Å². The number of aliphatic carboxylic acids is 1. The Labute approximate surface area is 213 Å². The van der Waals surface area contributed by atoms with Gasteiger partial charge in [-0.3, -0.25) is 9.78 Å². The van der Waals surface area contributed by atoms with Crippen molar-refractivity contribution >= 4 is 17.5 Å². The van der Waals surface area contributed by atoms with E-state index >= 15 is 0 Å². The Morgan fingerprint density at radius 1 is 1.06 bits per heavy atom. The number of carbonyl (C=O) groups is 1. The van der Waals surface area contributed by atoms with Crippen LogP contribution in [0.2, 0.25) is 0 Å². The Morgan fingerprint density at radius 3 is 2.42 bits per heavy atom. The van der Waals surface area contributed by atoms with Crippen LogP contribution in [0.25, 0.3) is 11.1 Å². The van der Waals surface area contributed by atoms with Crippen molar-refractivity contribution < 1.29 is 14.6 Å². The van der Waals surface area contributed by atoms with Crippen molar-refractivity contribution in [2.75, 3.05) is 36.5 Å². The molecule has 0 spiro atoms. The highest BCUT2D eigenvalue weighted by molar-refractivity contribution is 5.84. The number of carboxylic acids is 1. The van der Waals surface area contributed by atoms with Crippen LogP contribution < -0.4 is 15.0 Å². The lowest BCUT2D eigenvalue weighted by atomic mass is 9.82. The first-order chi connectivity index (χ1) is 17.2. The average Bonchev–Trinajstić information content (AvgIpc) is 2.85. The predicted octanol–water partition coefficient (Wildman–Crippen LogP) is 5.50. The lowest BCUT2D eigenvalue weighted by molar-refractivity contribution is -0.136. The van der Waals surface area contributed by atoms with Gasteiger partial charge in [0.1, 0.15) is 18.2 Å². The van der Waals surface area contributed by atoms with Gasteiger partial charge in [0, 0.05) is 47.9 Å². The number of hydrogen-bond donors (Lipinski definition) is 2. The molecule has 190 valence electrons. The number of aromatic nitrogens is 2. The zero-order chi connectivity index (χ0) is 25.7. The number of aryl methyl sites for hydroxylation is 2. The molecule has 4 rings (SSSR count). The van der Waals surface area contributed by atoms with Crippen molar-refractivity contribution in [2.24, 2.45) is 5.41 Å². The first-order valence-electron chi connectivity index (χ1n) is 12.6. The molecule has 1 saturated heterocycles. The van der Waals surface area contributed by atoms with Crippen molar-refractivity contribution in [3.8, 4) is 16.9 Å². The van der Waals surface area contributed by atoms with Crippen LogP contribution in [0.5, 0.6) is 5.75 Å². The van der Waals surface area contributed by atoms with Crippen molar-refractivity contribution in [1.29, 1.82) is 0 Å². The number of pyridine rings is 2. The maximum atomic E-state index is 11.7. The number of piperidine rings is 1. The fourth-order valence-electron chi connectivity index (χ4n) is 4.55. The standard InChI is InChI=1S/C29H36N4O3/c1-20-5-8-23(9-6-20)36-16-13-30-26-10-7-22(18-32-26)25-19-31-21(2)24(17-27(34)35)28(25)33-14-11-29(3,4)12-15-33/h5-10,18-19H,11-17H2,1-4H3,(H,30,32)(H,34,35). The zero-order valence-corrected chi connectivity index (χ0v) is 21.7. The van der Waals surface area contributed by atoms with Gasteiger partial charge in [-0.25, -0.2) is 4.98 Å². The van der Waals surface area contributed by atoms with E-state index in [1.807, 2.05) is 55.7 Å². The molecule has 2 N–H and O–H groups in total. The van der Waals surface area contributed by atoms with E-state index in [-0.39, 0.29) is 6.42 Å². The molecule has 1 aromatic carbocycles. The number of benzene rings is 1. The van der Waals surface area contributed by atoms with E-state index in [0.29, 0.717) is 18.6 Å². The summed E-state index contributed by atoms with van der Waals surface area (Å²) < 4.78 is 5.78. The summed E-state index contributed by atoms with van der Waals surface area (Å²) in [6, 6.07) is 12.0. The second-order valence-electron chi connectivity index (χ2n) is 10.3. The maximum absolute atomic E-state index is 11.7. The number of rotatable bonds is 9. The first-order valence-corrected chi connectivity index (χ1v) is 12.6. The van der Waals surface area contributed by atoms with E-state index in [0.717, 1.165) is 65.6 Å². The van der Waals surface area contributed by atoms with Gasteiger partial charge in [0.25, 0.3) is 0 Å². The Morgan fingerprint density at radius 2 is 1.78 bits per heavy atom. The normalized spacial score (nSPS) is 14.9. The van der Waals surface area contributed by atoms with E-state index in [4.69, 9.17) is 4.74 Å². The molecular weight excluding hydrogens is 452 g/mol. The molecule has 0 radical (unpaired) electrons. The molecule has 7 nitrogen and oxygen atoms in total. The van der Waals surface area contributed by atoms with Crippen LogP contribution in [0, 0.1) is 19.3 Å². The molecule has 3 heterocycles. The van der Waals surface area contributed by atoms with Crippen LogP contribution >= 0.6 is 0 Å². The minimum absolute atomic E-state index is 0.0457. The quantitative estimate of drug-likeness (QED) is 0.384. The number of nitrogens with one attached hydrogen (secondary N) is 1. The van der Waals surface area contributed by atoms with Gasteiger partial charge >= 0.3 is 5.97 Å². The van der Waals surface area contributed by atoms with E-state index in [2.05, 4.69) is 41.0 Å². The van der Waals surface area contributed by atoms with Gasteiger partial charge in [-0.05, 0) is 56.4 Å². The second-order valence-corrected chi connectivity index (χ2v) is 10.3. The first kappa shape index (κ1) is 25.5. The summed E-state index contributed by atoms with van der Waals surface area (Å²) in [6.07, 6.45) is 5.76. The molecule has 0 amide bonds. The maximum Gasteiger partial charge on any atom is 0.307 e. The predicted molar refractivity (Wildman–Crippen MR) is 144 cm³/mol. The van der Waals surface area contributed by atoms with E-state index in [9.17, 15) is 9.90 Å². The molecule has 7 heteroatoms. The second kappa shape index (κ2) is 11.0. The fraction of sp³-hybridized carbons (Fsp3) is 0.414. The molecule has 0 saturated carbocycles. The molecular formula is C29H36N4O3. The molecule has 1 aliphatic rings. The summed E-state index contributed by atoms with van der Waals surface area (Å²) in [7, 11) is 0. The lowest BCUT2D eigenvalue weighted by Gasteiger charge is -2.40. The molecule has 36 heavy (non-hydrogen) atoms. The molecule has 0 bridgehead atoms. The number of nitrogens with zero attached hydrogens (tertiary/aromatic N) is 3. The highest BCUT2D eigenvalue weighted by Gasteiger charge is 2.29. The number of hydrogen-bond acceptors (Lipinski definition) is 6. The number of carboxylic acid groups (broad SMARTS) is 1. The van der Waals surface area contributed by atoms with Crippen LogP contribution in [0.1, 0.15) is 43.5 Å². The molecule has 2 aromatic heterocycles. The van der Waals surface area contributed by atoms with Gasteiger partial charge in [0.2, 0.25) is 0 Å². The Bertz CT molecular complexity index is 1180. The van der Waals surface area contributed by atoms with Gasteiger partial charge in [-0.1, -0.05) is 31.5 Å². The van der Waals surface area contributed by atoms with E-state index in [1.165, 1.54) is 5.56 Å². The van der Waals surface area contributed by atoms with Crippen molar-refractivity contribution in [2.45, 2.75) is 47.0 Å². The monoisotopic (exact) mass is 488 g/mol. The van der Waals surface area contributed by atoms with E-state index in [1.54, 1.807) is 0 Å². The van der Waals surface area contributed by atoms with Crippen LogP contribution in [0.3, 0.4) is 0 Å². The largest absolute Gasteiger partial charge is 0.492 e. The summed E-state index contributed by atoms with van der Waals surface area (Å²) in [5.41, 5.74) is 5.89. The zero-order valence-electron chi connectivity index (χ0n) is 21.7. The molecule has 0 unspecified atom stereocenters. The van der Waals surface area contributed by atoms with Gasteiger partial charge in [-0.2, -0.15) is 0 Å². The third kappa shape index (κ3) is 6.33. The van der Waals surface area contributed by atoms with Crippen LogP contribution in [-0.4, -0.2) is 47.3 Å². The summed E-state index contributed by atoms with van der Waals surface area (Å²) in [5.74, 6) is 0.767. The third-order valence-electron chi connectivity index (χ3n) is 6.90. The lowest BCUT2D eigenvalue weighted by Crippen LogP contribution is -2.38. The van der Waals surface area contributed by atoms with Crippen molar-refractivity contribution in [3.63, 3.8) is 0 Å². The minimum atomic E-state index is -0.846. The number of anilines is 2. The van der Waals surface area contributed by atoms with E-state index < -0.39 is 5.97 Å². The van der Waals surface area contributed by atoms with Gasteiger partial charge in [0.05, 0.1) is 18.7 Å². The Kier molecular flexibility index (Phi) is 7.77. The third-order valence-corrected chi connectivity index (χ3v) is 6.90. The topological polar surface area (TPSA) is 87.6 Å². The van der Waals surface area contributed by atoms with Gasteiger partial charge < -0.3 is 20.1 Å². The minimum Gasteiger partial charge on any atom is -0.492 e. The van der Waals surface area contributed by atoms with Crippen molar-refractivity contribution in [1.82, 2.24) is 9.97 Å². The smallest absolute Gasteiger partial charge is 0.307 e.